The standard InChI is InChI=1S/C15H18N2O/c1-11(2)12-5-7-14(8-6-12)17-9-3-4-13(10-16)15(17)18/h3-9,11H,10,16H2,1-2H3. The topological polar surface area (TPSA) is 48.0 Å². The van der Waals surface area contributed by atoms with E-state index in [0.29, 0.717) is 11.5 Å². The fourth-order valence-corrected chi connectivity index (χ4v) is 1.92. The summed E-state index contributed by atoms with van der Waals surface area (Å²) in [5, 5.41) is 0. The number of benzene rings is 1. The van der Waals surface area contributed by atoms with Gasteiger partial charge in [0.15, 0.2) is 0 Å². The van der Waals surface area contributed by atoms with Gasteiger partial charge in [-0.2, -0.15) is 0 Å². The fraction of sp³-hybridized carbons (Fsp3) is 0.267. The summed E-state index contributed by atoms with van der Waals surface area (Å²) in [6, 6.07) is 11.7. The van der Waals surface area contributed by atoms with Gasteiger partial charge in [0.05, 0.1) is 0 Å². The van der Waals surface area contributed by atoms with Gasteiger partial charge in [-0.25, -0.2) is 0 Å². The van der Waals surface area contributed by atoms with Crippen LogP contribution in [0, 0.1) is 0 Å². The average Bonchev–Trinajstić information content (AvgIpc) is 2.39. The molecule has 94 valence electrons. The van der Waals surface area contributed by atoms with E-state index in [4.69, 9.17) is 5.73 Å². The summed E-state index contributed by atoms with van der Waals surface area (Å²) in [6.07, 6.45) is 1.77. The fourth-order valence-electron chi connectivity index (χ4n) is 1.92. The maximum atomic E-state index is 12.1. The molecule has 18 heavy (non-hydrogen) atoms. The van der Waals surface area contributed by atoms with Gasteiger partial charge < -0.3 is 5.73 Å². The summed E-state index contributed by atoms with van der Waals surface area (Å²) in [7, 11) is 0. The number of pyridine rings is 1. The van der Waals surface area contributed by atoms with Crippen molar-refractivity contribution in [3.05, 3.63) is 64.1 Å². The molecule has 1 aromatic heterocycles. The zero-order chi connectivity index (χ0) is 13.1. The molecule has 2 aromatic rings. The van der Waals surface area contributed by atoms with Crippen molar-refractivity contribution in [2.75, 3.05) is 0 Å². The Kier molecular flexibility index (Phi) is 3.63. The van der Waals surface area contributed by atoms with Gasteiger partial charge in [-0.3, -0.25) is 9.36 Å². The molecule has 1 aromatic carbocycles. The molecular weight excluding hydrogens is 224 g/mol. The Bertz CT molecular complexity index is 582. The molecule has 1 heterocycles. The van der Waals surface area contributed by atoms with Crippen molar-refractivity contribution in [2.45, 2.75) is 26.3 Å². The summed E-state index contributed by atoms with van der Waals surface area (Å²) >= 11 is 0. The molecule has 2 rings (SSSR count). The quantitative estimate of drug-likeness (QED) is 0.898. The first-order valence-electron chi connectivity index (χ1n) is 6.14. The van der Waals surface area contributed by atoms with Crippen LogP contribution < -0.4 is 11.3 Å². The zero-order valence-corrected chi connectivity index (χ0v) is 10.8. The van der Waals surface area contributed by atoms with Crippen LogP contribution in [0.3, 0.4) is 0 Å². The molecule has 2 N–H and O–H groups in total. The van der Waals surface area contributed by atoms with Crippen LogP contribution in [-0.4, -0.2) is 4.57 Å². The van der Waals surface area contributed by atoms with Crippen LogP contribution in [-0.2, 0) is 6.54 Å². The lowest BCUT2D eigenvalue weighted by atomic mass is 10.0. The van der Waals surface area contributed by atoms with Crippen LogP contribution >= 0.6 is 0 Å². The molecule has 0 spiro atoms. The Morgan fingerprint density at radius 1 is 1.17 bits per heavy atom. The monoisotopic (exact) mass is 242 g/mol. The molecule has 0 saturated carbocycles. The number of nitrogens with zero attached hydrogens (tertiary/aromatic N) is 1. The van der Waals surface area contributed by atoms with Crippen molar-refractivity contribution in [1.29, 1.82) is 0 Å². The van der Waals surface area contributed by atoms with E-state index >= 15 is 0 Å². The van der Waals surface area contributed by atoms with Gasteiger partial charge in [-0.05, 0) is 29.7 Å². The smallest absolute Gasteiger partial charge is 0.259 e. The van der Waals surface area contributed by atoms with Gasteiger partial charge in [-0.15, -0.1) is 0 Å². The van der Waals surface area contributed by atoms with Gasteiger partial charge in [0.1, 0.15) is 0 Å². The molecule has 0 unspecified atom stereocenters. The molecular formula is C15H18N2O. The summed E-state index contributed by atoms with van der Waals surface area (Å²) in [4.78, 5) is 12.1. The first-order valence-corrected chi connectivity index (χ1v) is 6.14. The maximum absolute atomic E-state index is 12.1. The van der Waals surface area contributed by atoms with Gasteiger partial charge in [0, 0.05) is 24.0 Å². The average molecular weight is 242 g/mol. The predicted octanol–water partition coefficient (Wildman–Crippen LogP) is 2.42. The van der Waals surface area contributed by atoms with Gasteiger partial charge >= 0.3 is 0 Å². The molecule has 0 amide bonds. The Hall–Kier alpha value is -1.87. The van der Waals surface area contributed by atoms with E-state index in [-0.39, 0.29) is 12.1 Å². The molecule has 0 aliphatic carbocycles. The van der Waals surface area contributed by atoms with Crippen molar-refractivity contribution in [3.8, 4) is 5.69 Å². The predicted molar refractivity (Wildman–Crippen MR) is 74.0 cm³/mol. The van der Waals surface area contributed by atoms with E-state index in [1.807, 2.05) is 18.2 Å². The number of hydrogen-bond acceptors (Lipinski definition) is 2. The Labute approximate surface area is 107 Å². The number of hydrogen-bond donors (Lipinski definition) is 1. The second-order valence-corrected chi connectivity index (χ2v) is 4.66. The highest BCUT2D eigenvalue weighted by molar-refractivity contribution is 5.36. The molecule has 0 atom stereocenters. The number of rotatable bonds is 3. The first kappa shape index (κ1) is 12.6. The van der Waals surface area contributed by atoms with Gasteiger partial charge in [-0.1, -0.05) is 32.0 Å². The highest BCUT2D eigenvalue weighted by Gasteiger charge is 2.04. The van der Waals surface area contributed by atoms with Crippen molar-refractivity contribution in [1.82, 2.24) is 4.57 Å². The first-order chi connectivity index (χ1) is 8.63. The highest BCUT2D eigenvalue weighted by atomic mass is 16.1. The summed E-state index contributed by atoms with van der Waals surface area (Å²) in [6.45, 7) is 4.57. The third-order valence-electron chi connectivity index (χ3n) is 3.08. The summed E-state index contributed by atoms with van der Waals surface area (Å²) < 4.78 is 1.63. The number of aromatic nitrogens is 1. The van der Waals surface area contributed by atoms with Crippen molar-refractivity contribution in [3.63, 3.8) is 0 Å². The van der Waals surface area contributed by atoms with Crippen LogP contribution in [0.15, 0.2) is 47.4 Å². The third-order valence-corrected chi connectivity index (χ3v) is 3.08. The number of nitrogens with two attached hydrogens (primary N) is 1. The maximum Gasteiger partial charge on any atom is 0.259 e. The lowest BCUT2D eigenvalue weighted by molar-refractivity contribution is 0.862. The van der Waals surface area contributed by atoms with E-state index in [9.17, 15) is 4.79 Å². The summed E-state index contributed by atoms with van der Waals surface area (Å²) in [5.74, 6) is 0.492. The van der Waals surface area contributed by atoms with Gasteiger partial charge in [0.25, 0.3) is 5.56 Å². The van der Waals surface area contributed by atoms with E-state index < -0.39 is 0 Å². The van der Waals surface area contributed by atoms with Crippen molar-refractivity contribution >= 4 is 0 Å². The van der Waals surface area contributed by atoms with Crippen molar-refractivity contribution in [2.24, 2.45) is 5.73 Å². The van der Waals surface area contributed by atoms with E-state index in [2.05, 4.69) is 26.0 Å². The minimum atomic E-state index is -0.0442. The second-order valence-electron chi connectivity index (χ2n) is 4.66. The molecule has 0 aliphatic heterocycles. The lowest BCUT2D eigenvalue weighted by Crippen LogP contribution is -2.23. The van der Waals surface area contributed by atoms with E-state index in [1.165, 1.54) is 5.56 Å². The normalized spacial score (nSPS) is 10.9. The van der Waals surface area contributed by atoms with Crippen LogP contribution in [0.4, 0.5) is 0 Å². The van der Waals surface area contributed by atoms with Crippen molar-refractivity contribution < 1.29 is 0 Å². The molecule has 3 heteroatoms. The Morgan fingerprint density at radius 3 is 2.39 bits per heavy atom. The largest absolute Gasteiger partial charge is 0.326 e. The molecule has 3 nitrogen and oxygen atoms in total. The zero-order valence-electron chi connectivity index (χ0n) is 10.8. The minimum absolute atomic E-state index is 0.0442. The highest BCUT2D eigenvalue weighted by Crippen LogP contribution is 2.16. The van der Waals surface area contributed by atoms with E-state index in [0.717, 1.165) is 5.69 Å². The Morgan fingerprint density at radius 2 is 1.83 bits per heavy atom. The SMILES string of the molecule is CC(C)c1ccc(-n2cccc(CN)c2=O)cc1. The molecule has 0 fully saturated rings. The van der Waals surface area contributed by atoms with Crippen LogP contribution in [0.2, 0.25) is 0 Å². The van der Waals surface area contributed by atoms with E-state index in [1.54, 1.807) is 16.8 Å². The molecule has 0 saturated heterocycles. The Balaban J connectivity index is 2.46. The minimum Gasteiger partial charge on any atom is -0.326 e. The molecule has 0 bridgehead atoms. The van der Waals surface area contributed by atoms with Crippen LogP contribution in [0.5, 0.6) is 0 Å². The lowest BCUT2D eigenvalue weighted by Gasteiger charge is -2.09. The second kappa shape index (κ2) is 5.19. The van der Waals surface area contributed by atoms with Crippen LogP contribution in [0.25, 0.3) is 5.69 Å². The van der Waals surface area contributed by atoms with Crippen LogP contribution in [0.1, 0.15) is 30.9 Å². The molecule has 0 radical (unpaired) electrons. The third kappa shape index (κ3) is 2.36. The molecule has 0 aliphatic rings. The van der Waals surface area contributed by atoms with Gasteiger partial charge in [0.2, 0.25) is 0 Å². The summed E-state index contributed by atoms with van der Waals surface area (Å²) in [5.41, 5.74) is 8.27.